The minimum atomic E-state index is -3.36. The predicted molar refractivity (Wildman–Crippen MR) is 77.1 cm³/mol. The molecule has 1 atom stereocenters. The number of fused-ring (bicyclic) bond motifs is 1. The third-order valence-corrected chi connectivity index (χ3v) is 4.76. The highest BCUT2D eigenvalue weighted by molar-refractivity contribution is 7.90. The summed E-state index contributed by atoms with van der Waals surface area (Å²) in [6.45, 7) is 1.57. The van der Waals surface area contributed by atoms with Gasteiger partial charge in [0.15, 0.2) is 0 Å². The van der Waals surface area contributed by atoms with Gasteiger partial charge in [-0.25, -0.2) is 8.42 Å². The van der Waals surface area contributed by atoms with E-state index in [1.807, 2.05) is 0 Å². The van der Waals surface area contributed by atoms with Crippen molar-refractivity contribution in [2.75, 3.05) is 25.4 Å². The van der Waals surface area contributed by atoms with Gasteiger partial charge in [0.2, 0.25) is 0 Å². The van der Waals surface area contributed by atoms with Crippen molar-refractivity contribution in [3.8, 4) is 0 Å². The molecule has 1 N–H and O–H groups in total. The summed E-state index contributed by atoms with van der Waals surface area (Å²) in [5.41, 5.74) is 0.492. The molecule has 1 amide bonds. The Morgan fingerprint density at radius 2 is 2.33 bits per heavy atom. The predicted octanol–water partition coefficient (Wildman–Crippen LogP) is -0.221. The lowest BCUT2D eigenvalue weighted by molar-refractivity contribution is -0.117. The number of hydrogen-bond acceptors (Lipinski definition) is 5. The van der Waals surface area contributed by atoms with Crippen molar-refractivity contribution in [2.24, 2.45) is 4.40 Å². The van der Waals surface area contributed by atoms with Crippen LogP contribution in [0.2, 0.25) is 0 Å². The van der Waals surface area contributed by atoms with Crippen LogP contribution in [-0.2, 0) is 19.6 Å². The van der Waals surface area contributed by atoms with Gasteiger partial charge in [-0.1, -0.05) is 0 Å². The van der Waals surface area contributed by atoms with Crippen LogP contribution in [-0.4, -0.2) is 56.6 Å². The maximum Gasteiger partial charge on any atom is 0.256 e. The number of rotatable bonds is 3. The maximum atomic E-state index is 12.1. The Bertz CT molecular complexity index is 630. The number of sulfonamides is 1. The van der Waals surface area contributed by atoms with Crippen LogP contribution in [0.5, 0.6) is 0 Å². The molecule has 0 radical (unpaired) electrons. The van der Waals surface area contributed by atoms with Gasteiger partial charge < -0.3 is 15.0 Å². The first-order valence-corrected chi connectivity index (χ1v) is 8.53. The molecule has 3 rings (SSSR count). The fourth-order valence-electron chi connectivity index (χ4n) is 2.45. The summed E-state index contributed by atoms with van der Waals surface area (Å²) in [5.74, 6) is 0.136. The Morgan fingerprint density at radius 1 is 1.48 bits per heavy atom. The summed E-state index contributed by atoms with van der Waals surface area (Å²) in [7, 11) is -3.36. The zero-order chi connectivity index (χ0) is 14.9. The van der Waals surface area contributed by atoms with Crippen LogP contribution in [0.3, 0.4) is 0 Å². The van der Waals surface area contributed by atoms with Crippen LogP contribution in [0.1, 0.15) is 12.8 Å². The molecule has 0 bridgehead atoms. The second kappa shape index (κ2) is 5.61. The average molecular weight is 311 g/mol. The third kappa shape index (κ3) is 3.33. The monoisotopic (exact) mass is 311 g/mol. The highest BCUT2D eigenvalue weighted by atomic mass is 32.2. The van der Waals surface area contributed by atoms with Crippen molar-refractivity contribution in [1.82, 2.24) is 10.2 Å². The molecule has 21 heavy (non-hydrogen) atoms. The fraction of sp³-hybridized carbons (Fsp3) is 0.538. The Kier molecular flexibility index (Phi) is 3.81. The standard InChI is InChI=1S/C13H17N3O4S/c17-13(14-8-11-2-1-6-20-11)10-3-4-12-15-21(18,19)7-5-16(12)9-10/h3-4,9,11H,1-2,5-8H2,(H,14,17). The number of carbonyl (C=O) groups excluding carboxylic acids is 1. The minimum absolute atomic E-state index is 0.0361. The molecule has 7 nitrogen and oxygen atoms in total. The summed E-state index contributed by atoms with van der Waals surface area (Å²) in [6, 6.07) is 0. The lowest BCUT2D eigenvalue weighted by Crippen LogP contribution is -2.39. The molecule has 3 aliphatic heterocycles. The Hall–Kier alpha value is -1.67. The number of carbonyl (C=O) groups is 1. The van der Waals surface area contributed by atoms with Crippen molar-refractivity contribution in [1.29, 1.82) is 0 Å². The molecule has 3 aliphatic rings. The van der Waals surface area contributed by atoms with Gasteiger partial charge in [0.1, 0.15) is 5.84 Å². The van der Waals surface area contributed by atoms with Gasteiger partial charge in [-0.2, -0.15) is 0 Å². The number of amides is 1. The lowest BCUT2D eigenvalue weighted by atomic mass is 10.1. The van der Waals surface area contributed by atoms with Crippen LogP contribution >= 0.6 is 0 Å². The fourth-order valence-corrected chi connectivity index (χ4v) is 3.42. The van der Waals surface area contributed by atoms with Gasteiger partial charge in [-0.05, 0) is 25.0 Å². The van der Waals surface area contributed by atoms with Gasteiger partial charge >= 0.3 is 0 Å². The molecule has 1 fully saturated rings. The summed E-state index contributed by atoms with van der Waals surface area (Å²) in [4.78, 5) is 13.8. The van der Waals surface area contributed by atoms with E-state index >= 15 is 0 Å². The van der Waals surface area contributed by atoms with E-state index in [4.69, 9.17) is 4.74 Å². The number of ether oxygens (including phenoxy) is 1. The van der Waals surface area contributed by atoms with Crippen LogP contribution in [0.4, 0.5) is 0 Å². The van der Waals surface area contributed by atoms with E-state index in [0.29, 0.717) is 24.5 Å². The molecule has 8 heteroatoms. The zero-order valence-corrected chi connectivity index (χ0v) is 12.3. The van der Waals surface area contributed by atoms with E-state index in [-0.39, 0.29) is 17.8 Å². The van der Waals surface area contributed by atoms with Crippen molar-refractivity contribution >= 4 is 21.8 Å². The Balaban J connectivity index is 1.63. The highest BCUT2D eigenvalue weighted by Crippen LogP contribution is 2.16. The summed E-state index contributed by atoms with van der Waals surface area (Å²) < 4.78 is 31.9. The first-order chi connectivity index (χ1) is 10.0. The molecular weight excluding hydrogens is 294 g/mol. The summed E-state index contributed by atoms with van der Waals surface area (Å²) in [6.07, 6.45) is 6.87. The molecule has 0 spiro atoms. The van der Waals surface area contributed by atoms with Gasteiger partial charge in [0.05, 0.1) is 17.4 Å². The van der Waals surface area contributed by atoms with Crippen LogP contribution < -0.4 is 5.32 Å². The van der Waals surface area contributed by atoms with E-state index in [1.165, 1.54) is 0 Å². The molecule has 1 saturated heterocycles. The second-order valence-corrected chi connectivity index (χ2v) is 6.95. The SMILES string of the molecule is O=C(NCC1CCCO1)C1=CN2CCS(=O)(=O)N=C2C=C1. The van der Waals surface area contributed by atoms with E-state index in [2.05, 4.69) is 9.71 Å². The molecular formula is C13H17N3O4S. The van der Waals surface area contributed by atoms with Gasteiger partial charge in [-0.15, -0.1) is 4.40 Å². The average Bonchev–Trinajstić information content (AvgIpc) is 2.96. The maximum absolute atomic E-state index is 12.1. The molecule has 0 saturated carbocycles. The van der Waals surface area contributed by atoms with Crippen LogP contribution in [0.15, 0.2) is 28.3 Å². The van der Waals surface area contributed by atoms with Crippen molar-refractivity contribution in [3.05, 3.63) is 23.9 Å². The quantitative estimate of drug-likeness (QED) is 0.778. The smallest absolute Gasteiger partial charge is 0.256 e. The van der Waals surface area contributed by atoms with Crippen LogP contribution in [0, 0.1) is 0 Å². The third-order valence-electron chi connectivity index (χ3n) is 3.60. The molecule has 0 aliphatic carbocycles. The summed E-state index contributed by atoms with van der Waals surface area (Å²) >= 11 is 0. The van der Waals surface area contributed by atoms with Gasteiger partial charge in [-0.3, -0.25) is 4.79 Å². The van der Waals surface area contributed by atoms with E-state index < -0.39 is 10.0 Å². The molecule has 3 heterocycles. The molecule has 114 valence electrons. The molecule has 0 aromatic heterocycles. The molecule has 0 aromatic carbocycles. The zero-order valence-electron chi connectivity index (χ0n) is 11.5. The van der Waals surface area contributed by atoms with Crippen LogP contribution in [0.25, 0.3) is 0 Å². The number of amidine groups is 1. The topological polar surface area (TPSA) is 88.1 Å². The van der Waals surface area contributed by atoms with E-state index in [1.54, 1.807) is 23.3 Å². The first-order valence-electron chi connectivity index (χ1n) is 6.92. The van der Waals surface area contributed by atoms with Crippen molar-refractivity contribution in [3.63, 3.8) is 0 Å². The largest absolute Gasteiger partial charge is 0.376 e. The minimum Gasteiger partial charge on any atom is -0.376 e. The Morgan fingerprint density at radius 3 is 3.10 bits per heavy atom. The number of nitrogens with one attached hydrogen (secondary N) is 1. The first kappa shape index (κ1) is 14.3. The normalized spacial score (nSPS) is 26.9. The van der Waals surface area contributed by atoms with Gasteiger partial charge in [0.25, 0.3) is 15.9 Å². The van der Waals surface area contributed by atoms with Gasteiger partial charge in [0, 0.05) is 25.9 Å². The van der Waals surface area contributed by atoms with Crippen molar-refractivity contribution in [2.45, 2.75) is 18.9 Å². The second-order valence-electron chi connectivity index (χ2n) is 5.19. The van der Waals surface area contributed by atoms with Crippen molar-refractivity contribution < 1.29 is 17.9 Å². The molecule has 0 aromatic rings. The number of nitrogens with zero attached hydrogens (tertiary/aromatic N) is 2. The number of hydrogen-bond donors (Lipinski definition) is 1. The molecule has 1 unspecified atom stereocenters. The van der Waals surface area contributed by atoms with E-state index in [0.717, 1.165) is 19.4 Å². The highest BCUT2D eigenvalue weighted by Gasteiger charge is 2.25. The lowest BCUT2D eigenvalue weighted by Gasteiger charge is -2.27. The Labute approximate surface area is 123 Å². The van der Waals surface area contributed by atoms with E-state index in [9.17, 15) is 13.2 Å². The summed E-state index contributed by atoms with van der Waals surface area (Å²) in [5, 5.41) is 2.84.